The van der Waals surface area contributed by atoms with Gasteiger partial charge in [0.2, 0.25) is 0 Å². The Morgan fingerprint density at radius 1 is 1.38 bits per heavy atom. The number of nitrogens with zero attached hydrogens (tertiary/aromatic N) is 1. The Balaban J connectivity index is 2.41. The summed E-state index contributed by atoms with van der Waals surface area (Å²) in [5.74, 6) is 1.15. The second-order valence-corrected chi connectivity index (χ2v) is 4.88. The maximum Gasteiger partial charge on any atom is 0.326 e. The molecule has 3 heteroatoms. The minimum Gasteiger partial charge on any atom is -0.306 e. The van der Waals surface area contributed by atoms with Crippen molar-refractivity contribution in [1.82, 2.24) is 9.55 Å². The van der Waals surface area contributed by atoms with E-state index in [9.17, 15) is 4.79 Å². The highest BCUT2D eigenvalue weighted by Crippen LogP contribution is 2.34. The molecule has 0 fully saturated rings. The van der Waals surface area contributed by atoms with Gasteiger partial charge < -0.3 is 4.98 Å². The van der Waals surface area contributed by atoms with E-state index in [0.29, 0.717) is 11.8 Å². The lowest BCUT2D eigenvalue weighted by Crippen LogP contribution is -2.16. The molecule has 2 atom stereocenters. The molecule has 2 heterocycles. The number of H-pyrrole nitrogens is 1. The summed E-state index contributed by atoms with van der Waals surface area (Å²) in [4.78, 5) is 14.8. The normalized spacial score (nSPS) is 24.6. The van der Waals surface area contributed by atoms with E-state index >= 15 is 0 Å². The number of para-hydroxylation sites is 1. The van der Waals surface area contributed by atoms with Crippen LogP contribution >= 0.6 is 0 Å². The van der Waals surface area contributed by atoms with Crippen LogP contribution in [0, 0.1) is 5.92 Å². The van der Waals surface area contributed by atoms with Gasteiger partial charge in [0.05, 0.1) is 11.0 Å². The zero-order valence-electron chi connectivity index (χ0n) is 9.66. The van der Waals surface area contributed by atoms with Gasteiger partial charge in [0.15, 0.2) is 0 Å². The fraction of sp³-hybridized carbons (Fsp3) is 0.462. The third kappa shape index (κ3) is 1.17. The summed E-state index contributed by atoms with van der Waals surface area (Å²) in [6.07, 6.45) is 1.07. The number of hydrogen-bond donors (Lipinski definition) is 1. The summed E-state index contributed by atoms with van der Waals surface area (Å²) in [6, 6.07) is 6.17. The van der Waals surface area contributed by atoms with Crippen LogP contribution in [0.3, 0.4) is 0 Å². The standard InChI is InChI=1S/C13H16N2O/c1-8-6-7-15-12-10(9(8)2)4-3-5-11(12)14-13(15)16/h3-5,8-9H,6-7H2,1-2H3,(H,14,16). The second kappa shape index (κ2) is 3.24. The molecule has 0 saturated heterocycles. The van der Waals surface area contributed by atoms with Crippen LogP contribution in [0.2, 0.25) is 0 Å². The largest absolute Gasteiger partial charge is 0.326 e. The van der Waals surface area contributed by atoms with Crippen molar-refractivity contribution >= 4 is 11.0 Å². The third-order valence-corrected chi connectivity index (χ3v) is 3.98. The van der Waals surface area contributed by atoms with Crippen molar-refractivity contribution < 1.29 is 0 Å². The summed E-state index contributed by atoms with van der Waals surface area (Å²) in [5.41, 5.74) is 3.43. The molecule has 0 bridgehead atoms. The van der Waals surface area contributed by atoms with Gasteiger partial charge in [-0.1, -0.05) is 26.0 Å². The quantitative estimate of drug-likeness (QED) is 0.721. The average Bonchev–Trinajstić information content (AvgIpc) is 2.53. The molecule has 0 amide bonds. The number of hydrogen-bond acceptors (Lipinski definition) is 1. The Morgan fingerprint density at radius 3 is 3.00 bits per heavy atom. The van der Waals surface area contributed by atoms with E-state index in [0.717, 1.165) is 24.0 Å². The minimum absolute atomic E-state index is 0.0313. The van der Waals surface area contributed by atoms with Crippen molar-refractivity contribution in [3.8, 4) is 0 Å². The van der Waals surface area contributed by atoms with E-state index in [4.69, 9.17) is 0 Å². The summed E-state index contributed by atoms with van der Waals surface area (Å²) in [6.45, 7) is 5.36. The predicted molar refractivity (Wildman–Crippen MR) is 64.8 cm³/mol. The SMILES string of the molecule is CC1CCn2c(=O)[nH]c3cccc(c32)C1C. The summed E-state index contributed by atoms with van der Waals surface area (Å²) in [7, 11) is 0. The second-order valence-electron chi connectivity index (χ2n) is 4.88. The lowest BCUT2D eigenvalue weighted by atomic mass is 9.87. The number of nitrogens with one attached hydrogen (secondary N) is 1. The van der Waals surface area contributed by atoms with Crippen LogP contribution in [0.15, 0.2) is 23.0 Å². The Kier molecular flexibility index (Phi) is 1.96. The van der Waals surface area contributed by atoms with Crippen LogP contribution in [-0.4, -0.2) is 9.55 Å². The molecule has 3 nitrogen and oxygen atoms in total. The first kappa shape index (κ1) is 9.70. The lowest BCUT2D eigenvalue weighted by molar-refractivity contribution is 0.436. The van der Waals surface area contributed by atoms with Crippen LogP contribution in [0.1, 0.15) is 31.7 Å². The molecule has 0 saturated carbocycles. The number of rotatable bonds is 0. The van der Waals surface area contributed by atoms with Crippen molar-refractivity contribution in [3.05, 3.63) is 34.2 Å². The van der Waals surface area contributed by atoms with E-state index in [1.54, 1.807) is 0 Å². The van der Waals surface area contributed by atoms with E-state index < -0.39 is 0 Å². The molecule has 2 unspecified atom stereocenters. The molecule has 1 aliphatic rings. The molecular formula is C13H16N2O. The molecule has 0 spiro atoms. The van der Waals surface area contributed by atoms with Crippen molar-refractivity contribution in [2.75, 3.05) is 0 Å². The van der Waals surface area contributed by atoms with Gasteiger partial charge in [0.25, 0.3) is 0 Å². The highest BCUT2D eigenvalue weighted by atomic mass is 16.1. The number of benzene rings is 1. The van der Waals surface area contributed by atoms with Gasteiger partial charge in [-0.3, -0.25) is 4.57 Å². The number of imidazole rings is 1. The Hall–Kier alpha value is -1.51. The zero-order valence-corrected chi connectivity index (χ0v) is 9.66. The van der Waals surface area contributed by atoms with Crippen molar-refractivity contribution in [1.29, 1.82) is 0 Å². The molecule has 0 radical (unpaired) electrons. The van der Waals surface area contributed by atoms with Gasteiger partial charge in [-0.25, -0.2) is 4.79 Å². The monoisotopic (exact) mass is 216 g/mol. The fourth-order valence-electron chi connectivity index (χ4n) is 2.72. The van der Waals surface area contributed by atoms with Crippen molar-refractivity contribution in [2.45, 2.75) is 32.7 Å². The molecule has 16 heavy (non-hydrogen) atoms. The Labute approximate surface area is 94.1 Å². The fourth-order valence-corrected chi connectivity index (χ4v) is 2.72. The van der Waals surface area contributed by atoms with Gasteiger partial charge >= 0.3 is 5.69 Å². The molecule has 2 aromatic rings. The van der Waals surface area contributed by atoms with Crippen LogP contribution in [-0.2, 0) is 6.54 Å². The highest BCUT2D eigenvalue weighted by Gasteiger charge is 2.23. The lowest BCUT2D eigenvalue weighted by Gasteiger charge is -2.17. The van der Waals surface area contributed by atoms with E-state index in [-0.39, 0.29) is 5.69 Å². The van der Waals surface area contributed by atoms with Crippen LogP contribution in [0.5, 0.6) is 0 Å². The van der Waals surface area contributed by atoms with Crippen LogP contribution < -0.4 is 5.69 Å². The Morgan fingerprint density at radius 2 is 2.19 bits per heavy atom. The molecule has 0 aliphatic carbocycles. The molecule has 1 N–H and O–H groups in total. The summed E-state index contributed by atoms with van der Waals surface area (Å²) < 4.78 is 1.89. The van der Waals surface area contributed by atoms with Gasteiger partial charge in [0.1, 0.15) is 0 Å². The van der Waals surface area contributed by atoms with Crippen LogP contribution in [0.25, 0.3) is 11.0 Å². The van der Waals surface area contributed by atoms with Crippen molar-refractivity contribution in [2.24, 2.45) is 5.92 Å². The zero-order chi connectivity index (χ0) is 11.3. The number of aryl methyl sites for hydroxylation is 1. The summed E-state index contributed by atoms with van der Waals surface area (Å²) >= 11 is 0. The van der Waals surface area contributed by atoms with Crippen LogP contribution in [0.4, 0.5) is 0 Å². The molecular weight excluding hydrogens is 200 g/mol. The van der Waals surface area contributed by atoms with Gasteiger partial charge in [-0.15, -0.1) is 0 Å². The third-order valence-electron chi connectivity index (χ3n) is 3.98. The topological polar surface area (TPSA) is 37.8 Å². The maximum absolute atomic E-state index is 11.8. The Bertz CT molecular complexity index is 593. The first-order valence-corrected chi connectivity index (χ1v) is 5.90. The van der Waals surface area contributed by atoms with E-state index in [1.807, 2.05) is 16.7 Å². The molecule has 84 valence electrons. The molecule has 1 aliphatic heterocycles. The number of aromatic nitrogens is 2. The number of aromatic amines is 1. The molecule has 1 aromatic heterocycles. The van der Waals surface area contributed by atoms with Crippen molar-refractivity contribution in [3.63, 3.8) is 0 Å². The van der Waals surface area contributed by atoms with E-state index in [2.05, 4.69) is 24.9 Å². The van der Waals surface area contributed by atoms with Gasteiger partial charge in [-0.05, 0) is 29.9 Å². The molecule has 1 aromatic carbocycles. The predicted octanol–water partition coefficient (Wildman–Crippen LogP) is 2.47. The molecule has 3 rings (SSSR count). The first-order valence-electron chi connectivity index (χ1n) is 5.90. The maximum atomic E-state index is 11.8. The smallest absolute Gasteiger partial charge is 0.306 e. The van der Waals surface area contributed by atoms with Gasteiger partial charge in [0, 0.05) is 6.54 Å². The van der Waals surface area contributed by atoms with E-state index in [1.165, 1.54) is 5.56 Å². The van der Waals surface area contributed by atoms with Gasteiger partial charge in [-0.2, -0.15) is 0 Å². The highest BCUT2D eigenvalue weighted by molar-refractivity contribution is 5.79. The average molecular weight is 216 g/mol. The summed E-state index contributed by atoms with van der Waals surface area (Å²) in [5, 5.41) is 0. The first-order chi connectivity index (χ1) is 7.68. The minimum atomic E-state index is 0.0313.